The van der Waals surface area contributed by atoms with Crippen molar-refractivity contribution in [2.24, 2.45) is 0 Å². The number of rotatable bonds is 5. The quantitative estimate of drug-likeness (QED) is 0.658. The molecule has 0 saturated carbocycles. The Morgan fingerprint density at radius 3 is 2.79 bits per heavy atom. The zero-order valence-electron chi connectivity index (χ0n) is 16.6. The molecule has 3 aromatic rings. The van der Waals surface area contributed by atoms with Gasteiger partial charge in [0.05, 0.1) is 0 Å². The van der Waals surface area contributed by atoms with Gasteiger partial charge in [0.1, 0.15) is 17.5 Å². The van der Waals surface area contributed by atoms with E-state index < -0.39 is 0 Å². The number of piperidine rings is 1. The molecular weight excluding hydrogens is 367 g/mol. The van der Waals surface area contributed by atoms with Gasteiger partial charge in [-0.3, -0.25) is 9.36 Å². The van der Waals surface area contributed by atoms with Crippen molar-refractivity contribution in [2.45, 2.75) is 38.5 Å². The van der Waals surface area contributed by atoms with Gasteiger partial charge in [-0.25, -0.2) is 14.4 Å². The second-order valence-electron chi connectivity index (χ2n) is 7.57. The van der Waals surface area contributed by atoms with Gasteiger partial charge in [0, 0.05) is 43.5 Å². The number of nitrogens with zero attached hydrogens (tertiary/aromatic N) is 4. The van der Waals surface area contributed by atoms with Crippen LogP contribution < -0.4 is 0 Å². The Morgan fingerprint density at radius 1 is 1.21 bits per heavy atom. The van der Waals surface area contributed by atoms with E-state index in [0.29, 0.717) is 19.4 Å². The van der Waals surface area contributed by atoms with Crippen molar-refractivity contribution < 1.29 is 9.18 Å². The van der Waals surface area contributed by atoms with E-state index in [1.54, 1.807) is 18.3 Å². The number of hydrogen-bond donors (Lipinski definition) is 0. The second-order valence-corrected chi connectivity index (χ2v) is 7.57. The van der Waals surface area contributed by atoms with Gasteiger partial charge in [-0.2, -0.15) is 0 Å². The predicted molar refractivity (Wildman–Crippen MR) is 109 cm³/mol. The molecule has 1 aliphatic heterocycles. The first-order valence-electron chi connectivity index (χ1n) is 10.1. The molecular formula is C23H25FN4O. The second kappa shape index (κ2) is 8.55. The summed E-state index contributed by atoms with van der Waals surface area (Å²) in [4.78, 5) is 23.8. The maximum absolute atomic E-state index is 13.0. The number of benzene rings is 1. The van der Waals surface area contributed by atoms with Crippen molar-refractivity contribution in [1.82, 2.24) is 19.4 Å². The number of aryl methyl sites for hydroxylation is 2. The largest absolute Gasteiger partial charge is 0.342 e. The van der Waals surface area contributed by atoms with Crippen LogP contribution in [0.5, 0.6) is 0 Å². The first kappa shape index (κ1) is 19.3. The topological polar surface area (TPSA) is 51.0 Å². The summed E-state index contributed by atoms with van der Waals surface area (Å²) in [6.45, 7) is 3.44. The molecule has 5 nitrogen and oxygen atoms in total. The molecule has 0 N–H and O–H groups in total. The molecule has 1 atom stereocenters. The van der Waals surface area contributed by atoms with Gasteiger partial charge in [-0.05, 0) is 56.0 Å². The molecule has 29 heavy (non-hydrogen) atoms. The summed E-state index contributed by atoms with van der Waals surface area (Å²) in [6, 6.07) is 12.4. The van der Waals surface area contributed by atoms with E-state index in [4.69, 9.17) is 4.98 Å². The van der Waals surface area contributed by atoms with Crippen LogP contribution in [0.15, 0.2) is 54.9 Å². The zero-order chi connectivity index (χ0) is 20.2. The average molecular weight is 392 g/mol. The van der Waals surface area contributed by atoms with Gasteiger partial charge < -0.3 is 4.90 Å². The van der Waals surface area contributed by atoms with E-state index in [0.717, 1.165) is 42.3 Å². The lowest BCUT2D eigenvalue weighted by atomic mass is 9.94. The Bertz CT molecular complexity index is 983. The number of likely N-dealkylation sites (tertiary alicyclic amines) is 1. The Labute approximate surface area is 170 Å². The molecule has 3 heterocycles. The van der Waals surface area contributed by atoms with Crippen LogP contribution in [0.1, 0.15) is 42.3 Å². The van der Waals surface area contributed by atoms with Gasteiger partial charge in [-0.15, -0.1) is 0 Å². The fourth-order valence-corrected chi connectivity index (χ4v) is 3.93. The highest BCUT2D eigenvalue weighted by Gasteiger charge is 2.25. The van der Waals surface area contributed by atoms with Crippen LogP contribution in [0.4, 0.5) is 4.39 Å². The van der Waals surface area contributed by atoms with Crippen molar-refractivity contribution in [2.75, 3.05) is 13.1 Å². The maximum Gasteiger partial charge on any atom is 0.222 e. The number of hydrogen-bond acceptors (Lipinski definition) is 3. The molecule has 0 spiro atoms. The minimum absolute atomic E-state index is 0.153. The maximum atomic E-state index is 13.0. The summed E-state index contributed by atoms with van der Waals surface area (Å²) in [6.07, 6.45) is 6.76. The lowest BCUT2D eigenvalue weighted by Crippen LogP contribution is -2.39. The van der Waals surface area contributed by atoms with Gasteiger partial charge in [0.15, 0.2) is 0 Å². The monoisotopic (exact) mass is 392 g/mol. The molecule has 6 heteroatoms. The molecule has 1 aliphatic rings. The van der Waals surface area contributed by atoms with E-state index in [-0.39, 0.29) is 17.6 Å². The van der Waals surface area contributed by atoms with Gasteiger partial charge >= 0.3 is 0 Å². The smallest absolute Gasteiger partial charge is 0.222 e. The van der Waals surface area contributed by atoms with E-state index in [1.807, 2.05) is 40.8 Å². The molecule has 1 saturated heterocycles. The standard InChI is InChI=1S/C23H25FN4O/c1-17-25-13-15-28(17)22-6-2-5-21(26-22)19-4-3-14-27(16-19)23(29)12-9-18-7-10-20(24)11-8-18/h2,5-8,10-11,13,15,19H,3-4,9,12,14,16H2,1H3. The lowest BCUT2D eigenvalue weighted by molar-refractivity contribution is -0.132. The first-order valence-corrected chi connectivity index (χ1v) is 10.1. The van der Waals surface area contributed by atoms with Crippen LogP contribution in [0.25, 0.3) is 5.82 Å². The predicted octanol–water partition coefficient (Wildman–Crippen LogP) is 4.05. The molecule has 1 fully saturated rings. The van der Waals surface area contributed by atoms with Crippen LogP contribution in [0.2, 0.25) is 0 Å². The number of halogens is 1. The molecule has 0 bridgehead atoms. The van der Waals surface area contributed by atoms with Crippen LogP contribution in [0.3, 0.4) is 0 Å². The summed E-state index contributed by atoms with van der Waals surface area (Å²) in [5, 5.41) is 0. The summed E-state index contributed by atoms with van der Waals surface area (Å²) >= 11 is 0. The highest BCUT2D eigenvalue weighted by Crippen LogP contribution is 2.27. The van der Waals surface area contributed by atoms with Crippen LogP contribution >= 0.6 is 0 Å². The molecule has 1 aromatic carbocycles. The van der Waals surface area contributed by atoms with Gasteiger partial charge in [0.2, 0.25) is 5.91 Å². The average Bonchev–Trinajstić information content (AvgIpc) is 3.19. The van der Waals surface area contributed by atoms with E-state index in [2.05, 4.69) is 4.98 Å². The Kier molecular flexibility index (Phi) is 5.69. The van der Waals surface area contributed by atoms with Crippen LogP contribution in [-0.2, 0) is 11.2 Å². The molecule has 2 aromatic heterocycles. The van der Waals surface area contributed by atoms with E-state index in [1.165, 1.54) is 12.1 Å². The highest BCUT2D eigenvalue weighted by molar-refractivity contribution is 5.76. The number of imidazole rings is 1. The third-order valence-electron chi connectivity index (χ3n) is 5.56. The molecule has 1 amide bonds. The van der Waals surface area contributed by atoms with Crippen molar-refractivity contribution in [3.63, 3.8) is 0 Å². The Morgan fingerprint density at radius 2 is 2.03 bits per heavy atom. The zero-order valence-corrected chi connectivity index (χ0v) is 16.6. The molecule has 4 rings (SSSR count). The number of carbonyl (C=O) groups excluding carboxylic acids is 1. The number of carbonyl (C=O) groups is 1. The summed E-state index contributed by atoms with van der Waals surface area (Å²) in [5.41, 5.74) is 2.00. The molecule has 150 valence electrons. The van der Waals surface area contributed by atoms with Crippen molar-refractivity contribution >= 4 is 5.91 Å². The normalized spacial score (nSPS) is 16.8. The van der Waals surface area contributed by atoms with Gasteiger partial charge in [-0.1, -0.05) is 18.2 Å². The highest BCUT2D eigenvalue weighted by atomic mass is 19.1. The van der Waals surface area contributed by atoms with Crippen molar-refractivity contribution in [1.29, 1.82) is 0 Å². The third-order valence-corrected chi connectivity index (χ3v) is 5.56. The van der Waals surface area contributed by atoms with E-state index in [9.17, 15) is 9.18 Å². The Hall–Kier alpha value is -3.02. The fraction of sp³-hybridized carbons (Fsp3) is 0.348. The van der Waals surface area contributed by atoms with Gasteiger partial charge in [0.25, 0.3) is 0 Å². The minimum atomic E-state index is -0.250. The number of amides is 1. The minimum Gasteiger partial charge on any atom is -0.342 e. The third kappa shape index (κ3) is 4.53. The fourth-order valence-electron chi connectivity index (χ4n) is 3.93. The molecule has 0 aliphatic carbocycles. The molecule has 0 radical (unpaired) electrons. The van der Waals surface area contributed by atoms with Crippen molar-refractivity contribution in [3.8, 4) is 5.82 Å². The summed E-state index contributed by atoms with van der Waals surface area (Å²) in [5.74, 6) is 1.90. The van der Waals surface area contributed by atoms with Crippen LogP contribution in [0, 0.1) is 12.7 Å². The lowest BCUT2D eigenvalue weighted by Gasteiger charge is -2.32. The summed E-state index contributed by atoms with van der Waals surface area (Å²) in [7, 11) is 0. The molecule has 1 unspecified atom stereocenters. The number of aromatic nitrogens is 3. The van der Waals surface area contributed by atoms with Crippen molar-refractivity contribution in [3.05, 3.63) is 77.8 Å². The summed E-state index contributed by atoms with van der Waals surface area (Å²) < 4.78 is 15.0. The SMILES string of the molecule is Cc1nccn1-c1cccc(C2CCCN(C(=O)CCc3ccc(F)cc3)C2)n1. The van der Waals surface area contributed by atoms with Crippen LogP contribution in [-0.4, -0.2) is 38.4 Å². The van der Waals surface area contributed by atoms with E-state index >= 15 is 0 Å². The number of pyridine rings is 1. The Balaban J connectivity index is 1.41. The first-order chi connectivity index (χ1) is 14.1.